The van der Waals surface area contributed by atoms with Crippen molar-refractivity contribution in [3.05, 3.63) is 86.5 Å². The molecular formula is C22H13Cl2NO5. The Hall–Kier alpha value is -3.48. The van der Waals surface area contributed by atoms with Crippen LogP contribution in [0, 0.1) is 0 Å². The molecule has 0 spiro atoms. The highest BCUT2D eigenvalue weighted by Crippen LogP contribution is 2.39. The number of anilines is 1. The third kappa shape index (κ3) is 3.58. The first kappa shape index (κ1) is 19.8. The van der Waals surface area contributed by atoms with Crippen LogP contribution in [-0.2, 0) is 0 Å². The summed E-state index contributed by atoms with van der Waals surface area (Å²) >= 11 is 12.0. The SMILES string of the molecule is O=C(Nc1c(O)cc(O)c2c(=O)cc(-c3ccccc3Cl)oc12)c1ccc(Cl)cc1. The third-order valence-electron chi connectivity index (χ3n) is 4.44. The van der Waals surface area contributed by atoms with Gasteiger partial charge in [0.1, 0.15) is 28.3 Å². The van der Waals surface area contributed by atoms with Crippen LogP contribution in [0.5, 0.6) is 11.5 Å². The number of carbonyl (C=O) groups excluding carboxylic acids is 1. The molecule has 0 bridgehead atoms. The average Bonchev–Trinajstić information content (AvgIpc) is 2.71. The van der Waals surface area contributed by atoms with Gasteiger partial charge >= 0.3 is 0 Å². The van der Waals surface area contributed by atoms with Crippen molar-refractivity contribution in [3.63, 3.8) is 0 Å². The zero-order valence-corrected chi connectivity index (χ0v) is 16.7. The summed E-state index contributed by atoms with van der Waals surface area (Å²) in [7, 11) is 0. The molecule has 4 rings (SSSR count). The second-order valence-corrected chi connectivity index (χ2v) is 7.25. The highest BCUT2D eigenvalue weighted by Gasteiger charge is 2.21. The van der Waals surface area contributed by atoms with E-state index in [1.807, 2.05) is 0 Å². The Morgan fingerprint density at radius 2 is 1.63 bits per heavy atom. The number of hydrogen-bond acceptors (Lipinski definition) is 5. The van der Waals surface area contributed by atoms with E-state index < -0.39 is 22.8 Å². The molecule has 0 saturated carbocycles. The summed E-state index contributed by atoms with van der Waals surface area (Å²) in [6, 6.07) is 15.0. The van der Waals surface area contributed by atoms with Gasteiger partial charge in [0.05, 0.1) is 5.02 Å². The molecule has 8 heteroatoms. The Morgan fingerprint density at radius 3 is 2.33 bits per heavy atom. The van der Waals surface area contributed by atoms with E-state index in [4.69, 9.17) is 27.6 Å². The quantitative estimate of drug-likeness (QED) is 0.290. The van der Waals surface area contributed by atoms with Crippen molar-refractivity contribution in [2.45, 2.75) is 0 Å². The fourth-order valence-electron chi connectivity index (χ4n) is 3.00. The molecule has 3 aromatic carbocycles. The van der Waals surface area contributed by atoms with Crippen LogP contribution in [0.1, 0.15) is 10.4 Å². The third-order valence-corrected chi connectivity index (χ3v) is 5.03. The maximum atomic E-state index is 12.7. The monoisotopic (exact) mass is 441 g/mol. The van der Waals surface area contributed by atoms with E-state index in [0.717, 1.165) is 6.07 Å². The molecule has 4 aromatic rings. The molecule has 0 aliphatic heterocycles. The summed E-state index contributed by atoms with van der Waals surface area (Å²) in [5, 5.41) is 23.7. The lowest BCUT2D eigenvalue weighted by Gasteiger charge is -2.13. The van der Waals surface area contributed by atoms with Gasteiger partial charge in [-0.2, -0.15) is 0 Å². The molecule has 0 atom stereocenters. The standard InChI is InChI=1S/C22H13Cl2NO5/c23-12-7-5-11(6-8-12)22(29)25-20-17(28)9-15(26)19-16(27)10-18(30-21(19)20)13-3-1-2-4-14(13)24/h1-10,26,28H,(H,25,29). The molecule has 0 aliphatic rings. The predicted molar refractivity (Wildman–Crippen MR) is 116 cm³/mol. The van der Waals surface area contributed by atoms with Gasteiger partial charge in [0.25, 0.3) is 5.91 Å². The molecule has 1 aromatic heterocycles. The molecule has 0 unspecified atom stereocenters. The summed E-state index contributed by atoms with van der Waals surface area (Å²) in [5.41, 5.74) is -0.197. The van der Waals surface area contributed by atoms with Gasteiger partial charge in [-0.1, -0.05) is 35.3 Å². The second-order valence-electron chi connectivity index (χ2n) is 6.41. The lowest BCUT2D eigenvalue weighted by molar-refractivity contribution is 0.102. The number of fused-ring (bicyclic) bond motifs is 1. The second kappa shape index (κ2) is 7.74. The number of benzene rings is 3. The molecule has 150 valence electrons. The zero-order valence-electron chi connectivity index (χ0n) is 15.1. The normalized spacial score (nSPS) is 10.9. The van der Waals surface area contributed by atoms with Gasteiger partial charge in [-0.3, -0.25) is 9.59 Å². The zero-order chi connectivity index (χ0) is 21.4. The molecule has 3 N–H and O–H groups in total. The van der Waals surface area contributed by atoms with Gasteiger partial charge in [0.15, 0.2) is 11.0 Å². The number of amides is 1. The van der Waals surface area contributed by atoms with Gasteiger partial charge in [0, 0.05) is 28.3 Å². The summed E-state index contributed by atoms with van der Waals surface area (Å²) in [6.45, 7) is 0. The molecule has 0 saturated heterocycles. The number of phenolic OH excluding ortho intramolecular Hbond substituents is 2. The smallest absolute Gasteiger partial charge is 0.255 e. The van der Waals surface area contributed by atoms with Crippen molar-refractivity contribution in [1.82, 2.24) is 0 Å². The van der Waals surface area contributed by atoms with Crippen LogP contribution in [0.4, 0.5) is 5.69 Å². The molecule has 6 nitrogen and oxygen atoms in total. The van der Waals surface area contributed by atoms with Crippen molar-refractivity contribution in [1.29, 1.82) is 0 Å². The van der Waals surface area contributed by atoms with E-state index in [1.165, 1.54) is 18.2 Å². The Bertz CT molecular complexity index is 1350. The van der Waals surface area contributed by atoms with Crippen LogP contribution in [-0.4, -0.2) is 16.1 Å². The van der Waals surface area contributed by atoms with Crippen molar-refractivity contribution in [3.8, 4) is 22.8 Å². The van der Waals surface area contributed by atoms with E-state index in [0.29, 0.717) is 15.6 Å². The van der Waals surface area contributed by atoms with Crippen LogP contribution >= 0.6 is 23.2 Å². The number of rotatable bonds is 3. The van der Waals surface area contributed by atoms with Gasteiger partial charge in [-0.25, -0.2) is 0 Å². The maximum Gasteiger partial charge on any atom is 0.255 e. The Kier molecular flexibility index (Phi) is 5.11. The predicted octanol–water partition coefficient (Wildman–Crippen LogP) is 5.43. The minimum Gasteiger partial charge on any atom is -0.507 e. The van der Waals surface area contributed by atoms with E-state index in [1.54, 1.807) is 36.4 Å². The average molecular weight is 442 g/mol. The van der Waals surface area contributed by atoms with Gasteiger partial charge in [-0.05, 0) is 36.4 Å². The lowest BCUT2D eigenvalue weighted by atomic mass is 10.1. The largest absolute Gasteiger partial charge is 0.507 e. The topological polar surface area (TPSA) is 99.8 Å². The lowest BCUT2D eigenvalue weighted by Crippen LogP contribution is -2.13. The van der Waals surface area contributed by atoms with Gasteiger partial charge < -0.3 is 19.9 Å². The van der Waals surface area contributed by atoms with E-state index in [2.05, 4.69) is 5.32 Å². The van der Waals surface area contributed by atoms with Gasteiger partial charge in [-0.15, -0.1) is 0 Å². The Morgan fingerprint density at radius 1 is 0.933 bits per heavy atom. The first-order chi connectivity index (χ1) is 14.3. The van der Waals surface area contributed by atoms with E-state index >= 15 is 0 Å². The van der Waals surface area contributed by atoms with E-state index in [9.17, 15) is 19.8 Å². The Labute approximate surface area is 179 Å². The number of carbonyl (C=O) groups is 1. The fraction of sp³-hybridized carbons (Fsp3) is 0. The summed E-state index contributed by atoms with van der Waals surface area (Å²) in [4.78, 5) is 25.3. The van der Waals surface area contributed by atoms with Crippen LogP contribution < -0.4 is 10.7 Å². The van der Waals surface area contributed by atoms with E-state index in [-0.39, 0.29) is 28.0 Å². The molecule has 30 heavy (non-hydrogen) atoms. The van der Waals surface area contributed by atoms with Crippen LogP contribution in [0.15, 0.2) is 69.9 Å². The first-order valence-electron chi connectivity index (χ1n) is 8.70. The maximum absolute atomic E-state index is 12.7. The number of hydrogen-bond donors (Lipinski definition) is 3. The fourth-order valence-corrected chi connectivity index (χ4v) is 3.36. The molecule has 0 aliphatic carbocycles. The number of aromatic hydroxyl groups is 2. The summed E-state index contributed by atoms with van der Waals surface area (Å²) < 4.78 is 5.82. The number of nitrogens with one attached hydrogen (secondary N) is 1. The molecule has 1 heterocycles. The summed E-state index contributed by atoms with van der Waals surface area (Å²) in [6.07, 6.45) is 0. The number of halogens is 2. The minimum atomic E-state index is -0.570. The first-order valence-corrected chi connectivity index (χ1v) is 9.45. The molecule has 0 radical (unpaired) electrons. The number of phenols is 2. The molecular weight excluding hydrogens is 429 g/mol. The van der Waals surface area contributed by atoms with Crippen LogP contribution in [0.2, 0.25) is 10.0 Å². The molecule has 1 amide bonds. The molecule has 0 fully saturated rings. The van der Waals surface area contributed by atoms with Crippen LogP contribution in [0.3, 0.4) is 0 Å². The van der Waals surface area contributed by atoms with Crippen molar-refractivity contribution in [2.75, 3.05) is 5.32 Å². The van der Waals surface area contributed by atoms with Crippen molar-refractivity contribution < 1.29 is 19.4 Å². The minimum absolute atomic E-state index is 0.116. The Balaban J connectivity index is 1.90. The summed E-state index contributed by atoms with van der Waals surface area (Å²) in [5.74, 6) is -1.40. The highest BCUT2D eigenvalue weighted by atomic mass is 35.5. The van der Waals surface area contributed by atoms with Crippen molar-refractivity contribution in [2.24, 2.45) is 0 Å². The highest BCUT2D eigenvalue weighted by molar-refractivity contribution is 6.33. The van der Waals surface area contributed by atoms with Crippen LogP contribution in [0.25, 0.3) is 22.3 Å². The van der Waals surface area contributed by atoms with Crippen molar-refractivity contribution >= 4 is 45.8 Å². The van der Waals surface area contributed by atoms with Gasteiger partial charge in [0.2, 0.25) is 0 Å².